The quantitative estimate of drug-likeness (QED) is 0.723. The summed E-state index contributed by atoms with van der Waals surface area (Å²) in [6.07, 6.45) is 0.556. The lowest BCUT2D eigenvalue weighted by atomic mass is 10.1. The van der Waals surface area contributed by atoms with E-state index in [0.717, 1.165) is 10.7 Å². The van der Waals surface area contributed by atoms with Crippen LogP contribution in [0.15, 0.2) is 30.3 Å². The normalized spacial score (nSPS) is 18.9. The Hall–Kier alpha value is -2.81. The molecule has 0 bridgehead atoms. The molecule has 1 aromatic heterocycles. The molecule has 0 radical (unpaired) electrons. The minimum Gasteiger partial charge on any atom is -0.344 e. The van der Waals surface area contributed by atoms with E-state index in [1.165, 1.54) is 11.3 Å². The first-order valence-corrected chi connectivity index (χ1v) is 10.5. The highest BCUT2D eigenvalue weighted by molar-refractivity contribution is 7.15. The number of anilines is 2. The molecule has 1 fully saturated rings. The number of nitrogens with zero attached hydrogens (tertiary/aromatic N) is 3. The molecule has 8 nitrogen and oxygen atoms in total. The van der Waals surface area contributed by atoms with Crippen molar-refractivity contribution in [1.29, 1.82) is 0 Å². The molecule has 2 aromatic rings. The van der Waals surface area contributed by atoms with Crippen molar-refractivity contribution in [2.75, 3.05) is 10.2 Å². The van der Waals surface area contributed by atoms with E-state index in [1.54, 1.807) is 4.90 Å². The van der Waals surface area contributed by atoms with Gasteiger partial charge in [-0.15, -0.1) is 10.2 Å². The highest BCUT2D eigenvalue weighted by atomic mass is 32.1. The van der Waals surface area contributed by atoms with Gasteiger partial charge in [-0.1, -0.05) is 43.4 Å². The number of carbonyl (C=O) groups excluding carboxylic acids is 3. The third-order valence-electron chi connectivity index (χ3n) is 4.68. The van der Waals surface area contributed by atoms with Gasteiger partial charge in [0.25, 0.3) is 0 Å². The zero-order valence-corrected chi connectivity index (χ0v) is 17.5. The summed E-state index contributed by atoms with van der Waals surface area (Å²) in [5.74, 6) is -0.508. The van der Waals surface area contributed by atoms with E-state index in [9.17, 15) is 14.4 Å². The van der Waals surface area contributed by atoms with Crippen molar-refractivity contribution in [3.05, 3.63) is 35.3 Å². The van der Waals surface area contributed by atoms with Gasteiger partial charge in [0.1, 0.15) is 11.0 Å². The Morgan fingerprint density at radius 3 is 2.52 bits per heavy atom. The third-order valence-corrected chi connectivity index (χ3v) is 5.82. The summed E-state index contributed by atoms with van der Waals surface area (Å²) in [5.41, 5.74) is 0.818. The summed E-state index contributed by atoms with van der Waals surface area (Å²) in [6, 6.07) is 8.82. The minimum absolute atomic E-state index is 0.00513. The fourth-order valence-electron chi connectivity index (χ4n) is 3.22. The monoisotopic (exact) mass is 415 g/mol. The number of benzene rings is 1. The van der Waals surface area contributed by atoms with Gasteiger partial charge in [-0.05, 0) is 25.5 Å². The molecule has 1 saturated heterocycles. The van der Waals surface area contributed by atoms with Gasteiger partial charge in [-0.25, -0.2) is 0 Å². The van der Waals surface area contributed by atoms with Crippen LogP contribution in [0.1, 0.15) is 51.0 Å². The average molecular weight is 416 g/mol. The molecule has 3 rings (SSSR count). The maximum atomic E-state index is 12.7. The first kappa shape index (κ1) is 20.9. The zero-order valence-electron chi connectivity index (χ0n) is 16.7. The maximum Gasteiger partial charge on any atom is 0.249 e. The highest BCUT2D eigenvalue weighted by Gasteiger charge is 2.38. The molecule has 2 atom stereocenters. The molecule has 2 N–H and O–H groups in total. The van der Waals surface area contributed by atoms with E-state index in [0.29, 0.717) is 11.6 Å². The lowest BCUT2D eigenvalue weighted by Crippen LogP contribution is -2.42. The fourth-order valence-corrected chi connectivity index (χ4v) is 3.98. The predicted molar refractivity (Wildman–Crippen MR) is 112 cm³/mol. The number of aromatic nitrogens is 2. The lowest BCUT2D eigenvalue weighted by Gasteiger charge is -2.21. The number of rotatable bonds is 7. The SMILES string of the molecule is CC(C)c1nnc(NC(=O)CCC(=O)N[C@@H]2C[C@@H](C)N(c3ccccc3)C2=O)s1. The van der Waals surface area contributed by atoms with E-state index >= 15 is 0 Å². The molecule has 1 aliphatic rings. The molecule has 2 heterocycles. The van der Waals surface area contributed by atoms with Gasteiger partial charge in [0.15, 0.2) is 0 Å². The predicted octanol–water partition coefficient (Wildman–Crippen LogP) is 2.69. The second-order valence-electron chi connectivity index (χ2n) is 7.40. The molecule has 0 saturated carbocycles. The van der Waals surface area contributed by atoms with E-state index < -0.39 is 6.04 Å². The van der Waals surface area contributed by atoms with Crippen LogP contribution in [0.5, 0.6) is 0 Å². The summed E-state index contributed by atoms with van der Waals surface area (Å²) >= 11 is 1.32. The standard InChI is InChI=1S/C20H25N5O3S/c1-12(2)18-23-24-20(29-18)22-17(27)10-9-16(26)21-15-11-13(3)25(19(15)28)14-7-5-4-6-8-14/h4-8,12-13,15H,9-11H2,1-3H3,(H,21,26)(H,22,24,27)/t13-,15-/m1/s1. The lowest BCUT2D eigenvalue weighted by molar-refractivity contribution is -0.127. The Kier molecular flexibility index (Phi) is 6.58. The van der Waals surface area contributed by atoms with Crippen molar-refractivity contribution in [2.24, 2.45) is 0 Å². The second-order valence-corrected chi connectivity index (χ2v) is 8.41. The second kappa shape index (κ2) is 9.13. The first-order chi connectivity index (χ1) is 13.8. The number of hydrogen-bond acceptors (Lipinski definition) is 6. The van der Waals surface area contributed by atoms with Crippen LogP contribution in [0.25, 0.3) is 0 Å². The Labute approximate surface area is 173 Å². The Morgan fingerprint density at radius 2 is 1.86 bits per heavy atom. The molecule has 9 heteroatoms. The molecule has 29 heavy (non-hydrogen) atoms. The summed E-state index contributed by atoms with van der Waals surface area (Å²) in [6.45, 7) is 5.96. The van der Waals surface area contributed by atoms with Crippen LogP contribution in [0, 0.1) is 0 Å². The Bertz CT molecular complexity index is 883. The molecule has 0 aliphatic carbocycles. The zero-order chi connectivity index (χ0) is 21.0. The summed E-state index contributed by atoms with van der Waals surface area (Å²) in [4.78, 5) is 38.7. The fraction of sp³-hybridized carbons (Fsp3) is 0.450. The van der Waals surface area contributed by atoms with Crippen LogP contribution in [0.4, 0.5) is 10.8 Å². The van der Waals surface area contributed by atoms with E-state index in [4.69, 9.17) is 0 Å². The number of nitrogens with one attached hydrogen (secondary N) is 2. The molecular weight excluding hydrogens is 390 g/mol. The van der Waals surface area contributed by atoms with Crippen molar-refractivity contribution in [2.45, 2.75) is 58.0 Å². The molecule has 1 aromatic carbocycles. The number of hydrogen-bond donors (Lipinski definition) is 2. The van der Waals surface area contributed by atoms with E-state index in [-0.39, 0.29) is 42.5 Å². The highest BCUT2D eigenvalue weighted by Crippen LogP contribution is 2.26. The van der Waals surface area contributed by atoms with Gasteiger partial charge >= 0.3 is 0 Å². The van der Waals surface area contributed by atoms with Crippen molar-refractivity contribution in [3.8, 4) is 0 Å². The van der Waals surface area contributed by atoms with Crippen molar-refractivity contribution in [3.63, 3.8) is 0 Å². The summed E-state index contributed by atoms with van der Waals surface area (Å²) in [7, 11) is 0. The third kappa shape index (κ3) is 5.17. The summed E-state index contributed by atoms with van der Waals surface area (Å²) < 4.78 is 0. The van der Waals surface area contributed by atoms with Gasteiger partial charge in [-0.2, -0.15) is 0 Å². The Morgan fingerprint density at radius 1 is 1.17 bits per heavy atom. The van der Waals surface area contributed by atoms with Crippen LogP contribution < -0.4 is 15.5 Å². The smallest absolute Gasteiger partial charge is 0.249 e. The Balaban J connectivity index is 1.48. The van der Waals surface area contributed by atoms with Crippen molar-refractivity contribution >= 4 is 39.9 Å². The largest absolute Gasteiger partial charge is 0.344 e. The van der Waals surface area contributed by atoms with Gasteiger partial charge < -0.3 is 15.5 Å². The number of amides is 3. The molecule has 0 unspecified atom stereocenters. The van der Waals surface area contributed by atoms with Gasteiger partial charge in [0.2, 0.25) is 22.9 Å². The minimum atomic E-state index is -0.572. The van der Waals surface area contributed by atoms with Gasteiger partial charge in [0, 0.05) is 30.5 Å². The molecule has 0 spiro atoms. The van der Waals surface area contributed by atoms with E-state index in [2.05, 4.69) is 20.8 Å². The van der Waals surface area contributed by atoms with Gasteiger partial charge in [-0.3, -0.25) is 14.4 Å². The van der Waals surface area contributed by atoms with Crippen LogP contribution in [-0.4, -0.2) is 40.0 Å². The summed E-state index contributed by atoms with van der Waals surface area (Å²) in [5, 5.41) is 14.6. The van der Waals surface area contributed by atoms with Crippen LogP contribution in [0.2, 0.25) is 0 Å². The van der Waals surface area contributed by atoms with Gasteiger partial charge in [0.05, 0.1) is 0 Å². The maximum absolute atomic E-state index is 12.7. The molecule has 154 valence electrons. The van der Waals surface area contributed by atoms with Crippen LogP contribution in [-0.2, 0) is 14.4 Å². The first-order valence-electron chi connectivity index (χ1n) is 9.66. The number of carbonyl (C=O) groups is 3. The van der Waals surface area contributed by atoms with Crippen LogP contribution in [0.3, 0.4) is 0 Å². The van der Waals surface area contributed by atoms with Crippen molar-refractivity contribution in [1.82, 2.24) is 15.5 Å². The molecule has 1 aliphatic heterocycles. The van der Waals surface area contributed by atoms with E-state index in [1.807, 2.05) is 51.1 Å². The topological polar surface area (TPSA) is 104 Å². The average Bonchev–Trinajstić information content (AvgIpc) is 3.25. The molecule has 3 amide bonds. The van der Waals surface area contributed by atoms with Crippen LogP contribution >= 0.6 is 11.3 Å². The van der Waals surface area contributed by atoms with Crippen molar-refractivity contribution < 1.29 is 14.4 Å². The molecular formula is C20H25N5O3S. The number of para-hydroxylation sites is 1.